The maximum atomic E-state index is 10.8. The predicted molar refractivity (Wildman–Crippen MR) is 56.1 cm³/mol. The van der Waals surface area contributed by atoms with Crippen molar-refractivity contribution >= 4 is 23.2 Å². The van der Waals surface area contributed by atoms with Crippen LogP contribution in [0.4, 0.5) is 0 Å². The van der Waals surface area contributed by atoms with Crippen molar-refractivity contribution in [1.29, 1.82) is 0 Å². The molecule has 6 nitrogen and oxygen atoms in total. The van der Waals surface area contributed by atoms with Gasteiger partial charge in [0.15, 0.2) is 5.65 Å². The van der Waals surface area contributed by atoms with Crippen LogP contribution < -0.4 is 4.74 Å². The Morgan fingerprint density at radius 3 is 3.00 bits per heavy atom. The molecule has 0 aliphatic rings. The average Bonchev–Trinajstić information content (AvgIpc) is 2.63. The standard InChI is InChI=1S/C9H8ClN3O3/c1-2-16-9-12-11-7-6(10)3-5(8(14)15)4-13(7)9/h3-4H,2H2,1H3,(H,14,15). The number of carboxylic acid groups (broad SMARTS) is 1. The third-order valence-electron chi connectivity index (χ3n) is 1.95. The number of halogens is 1. The van der Waals surface area contributed by atoms with Crippen LogP contribution in [0.1, 0.15) is 17.3 Å². The molecule has 7 heteroatoms. The summed E-state index contributed by atoms with van der Waals surface area (Å²) in [5.74, 6) is -1.07. The Kier molecular flexibility index (Phi) is 2.66. The summed E-state index contributed by atoms with van der Waals surface area (Å²) >= 11 is 5.88. The van der Waals surface area contributed by atoms with E-state index in [4.69, 9.17) is 21.4 Å². The van der Waals surface area contributed by atoms with Gasteiger partial charge in [-0.2, -0.15) is 0 Å². The molecule has 0 radical (unpaired) electrons. The number of ether oxygens (including phenoxy) is 1. The first kappa shape index (κ1) is 10.7. The van der Waals surface area contributed by atoms with Crippen LogP contribution in [0.15, 0.2) is 12.3 Å². The lowest BCUT2D eigenvalue weighted by molar-refractivity contribution is 0.0696. The Hall–Kier alpha value is -1.82. The van der Waals surface area contributed by atoms with Crippen molar-refractivity contribution in [1.82, 2.24) is 14.6 Å². The van der Waals surface area contributed by atoms with E-state index in [1.807, 2.05) is 0 Å². The van der Waals surface area contributed by atoms with Gasteiger partial charge in [0.2, 0.25) is 0 Å². The minimum atomic E-state index is -1.07. The molecule has 1 N–H and O–H groups in total. The van der Waals surface area contributed by atoms with Crippen LogP contribution in [0.3, 0.4) is 0 Å². The third-order valence-corrected chi connectivity index (χ3v) is 2.23. The molecule has 84 valence electrons. The second-order valence-corrected chi connectivity index (χ2v) is 3.40. The Labute approximate surface area is 95.4 Å². The molecule has 0 atom stereocenters. The fourth-order valence-electron chi connectivity index (χ4n) is 1.28. The van der Waals surface area contributed by atoms with E-state index in [-0.39, 0.29) is 16.6 Å². The first-order valence-electron chi connectivity index (χ1n) is 4.54. The summed E-state index contributed by atoms with van der Waals surface area (Å²) in [4.78, 5) is 10.8. The van der Waals surface area contributed by atoms with Crippen LogP contribution in [-0.2, 0) is 0 Å². The molecule has 0 aliphatic heterocycles. The van der Waals surface area contributed by atoms with Gasteiger partial charge >= 0.3 is 12.0 Å². The summed E-state index contributed by atoms with van der Waals surface area (Å²) in [7, 11) is 0. The number of nitrogens with zero attached hydrogens (tertiary/aromatic N) is 3. The predicted octanol–water partition coefficient (Wildman–Crippen LogP) is 1.48. The first-order valence-corrected chi connectivity index (χ1v) is 4.91. The minimum absolute atomic E-state index is 0.0539. The molecular formula is C9H8ClN3O3. The number of rotatable bonds is 3. The molecule has 2 heterocycles. The highest BCUT2D eigenvalue weighted by Gasteiger charge is 2.13. The Morgan fingerprint density at radius 2 is 2.38 bits per heavy atom. The molecule has 0 bridgehead atoms. The molecular weight excluding hydrogens is 234 g/mol. The van der Waals surface area contributed by atoms with Gasteiger partial charge in [0, 0.05) is 6.20 Å². The minimum Gasteiger partial charge on any atom is -0.478 e. The molecule has 2 aromatic heterocycles. The van der Waals surface area contributed by atoms with Gasteiger partial charge < -0.3 is 9.84 Å². The van der Waals surface area contributed by atoms with Gasteiger partial charge in [-0.3, -0.25) is 4.40 Å². The Bertz CT molecular complexity index is 552. The molecule has 0 unspecified atom stereocenters. The maximum absolute atomic E-state index is 10.8. The molecule has 2 rings (SSSR count). The highest BCUT2D eigenvalue weighted by molar-refractivity contribution is 6.33. The Balaban J connectivity index is 2.66. The highest BCUT2D eigenvalue weighted by Crippen LogP contribution is 2.21. The SMILES string of the molecule is CCOc1nnc2c(Cl)cc(C(=O)O)cn12. The van der Waals surface area contributed by atoms with Crippen molar-refractivity contribution in [2.24, 2.45) is 0 Å². The van der Waals surface area contributed by atoms with E-state index < -0.39 is 5.97 Å². The van der Waals surface area contributed by atoms with Crippen LogP contribution >= 0.6 is 11.6 Å². The smallest absolute Gasteiger partial charge is 0.337 e. The maximum Gasteiger partial charge on any atom is 0.337 e. The number of hydrogen-bond acceptors (Lipinski definition) is 4. The van der Waals surface area contributed by atoms with E-state index in [2.05, 4.69) is 10.2 Å². The average molecular weight is 242 g/mol. The molecule has 16 heavy (non-hydrogen) atoms. The van der Waals surface area contributed by atoms with Gasteiger partial charge in [-0.15, -0.1) is 5.10 Å². The third kappa shape index (κ3) is 1.67. The monoisotopic (exact) mass is 241 g/mol. The van der Waals surface area contributed by atoms with E-state index >= 15 is 0 Å². The molecule has 0 aromatic carbocycles. The van der Waals surface area contributed by atoms with Gasteiger partial charge in [0.1, 0.15) is 0 Å². The Morgan fingerprint density at radius 1 is 1.62 bits per heavy atom. The summed E-state index contributed by atoms with van der Waals surface area (Å²) in [5.41, 5.74) is 0.424. The quantitative estimate of drug-likeness (QED) is 0.881. The number of fused-ring (bicyclic) bond motifs is 1. The van der Waals surface area contributed by atoms with Crippen molar-refractivity contribution in [3.8, 4) is 6.01 Å². The number of hydrogen-bond donors (Lipinski definition) is 1. The molecule has 0 saturated carbocycles. The van der Waals surface area contributed by atoms with E-state index in [0.717, 1.165) is 0 Å². The highest BCUT2D eigenvalue weighted by atomic mass is 35.5. The zero-order valence-corrected chi connectivity index (χ0v) is 9.10. The van der Waals surface area contributed by atoms with Crippen molar-refractivity contribution in [3.63, 3.8) is 0 Å². The van der Waals surface area contributed by atoms with Crippen LogP contribution in [0, 0.1) is 0 Å². The lowest BCUT2D eigenvalue weighted by Crippen LogP contribution is -2.02. The van der Waals surface area contributed by atoms with Gasteiger partial charge in [-0.1, -0.05) is 16.7 Å². The zero-order valence-electron chi connectivity index (χ0n) is 8.35. The lowest BCUT2D eigenvalue weighted by atomic mass is 10.3. The van der Waals surface area contributed by atoms with Gasteiger partial charge in [0.25, 0.3) is 0 Å². The summed E-state index contributed by atoms with van der Waals surface area (Å²) < 4.78 is 6.60. The molecule has 2 aromatic rings. The molecule has 0 saturated heterocycles. The van der Waals surface area contributed by atoms with Crippen molar-refractivity contribution in [2.45, 2.75) is 6.92 Å². The number of carboxylic acids is 1. The van der Waals surface area contributed by atoms with Gasteiger partial charge in [0.05, 0.1) is 17.2 Å². The molecule has 0 fully saturated rings. The summed E-state index contributed by atoms with van der Waals surface area (Å²) in [6.45, 7) is 2.21. The van der Waals surface area contributed by atoms with Crippen LogP contribution in [0.5, 0.6) is 6.01 Å². The zero-order chi connectivity index (χ0) is 11.7. The molecule has 0 aliphatic carbocycles. The van der Waals surface area contributed by atoms with Gasteiger partial charge in [-0.25, -0.2) is 4.79 Å². The van der Waals surface area contributed by atoms with Crippen LogP contribution in [0.2, 0.25) is 5.02 Å². The van der Waals surface area contributed by atoms with Crippen molar-refractivity contribution in [3.05, 3.63) is 22.8 Å². The number of pyridine rings is 1. The second-order valence-electron chi connectivity index (χ2n) is 2.99. The fourth-order valence-corrected chi connectivity index (χ4v) is 1.52. The second kappa shape index (κ2) is 3.97. The number of aromatic nitrogens is 3. The summed E-state index contributed by atoms with van der Waals surface area (Å²) in [6, 6.07) is 1.55. The molecule has 0 spiro atoms. The first-order chi connectivity index (χ1) is 7.63. The van der Waals surface area contributed by atoms with E-state index in [1.54, 1.807) is 6.92 Å². The largest absolute Gasteiger partial charge is 0.478 e. The van der Waals surface area contributed by atoms with E-state index in [1.165, 1.54) is 16.7 Å². The van der Waals surface area contributed by atoms with Crippen LogP contribution in [-0.4, -0.2) is 32.3 Å². The lowest BCUT2D eigenvalue weighted by Gasteiger charge is -2.02. The summed E-state index contributed by atoms with van der Waals surface area (Å²) in [5, 5.41) is 16.7. The number of carbonyl (C=O) groups is 1. The van der Waals surface area contributed by atoms with E-state index in [0.29, 0.717) is 12.3 Å². The van der Waals surface area contributed by atoms with E-state index in [9.17, 15) is 4.79 Å². The topological polar surface area (TPSA) is 76.7 Å². The van der Waals surface area contributed by atoms with Gasteiger partial charge in [-0.05, 0) is 13.0 Å². The number of aromatic carboxylic acids is 1. The fraction of sp³-hybridized carbons (Fsp3) is 0.222. The molecule has 0 amide bonds. The van der Waals surface area contributed by atoms with Crippen LogP contribution in [0.25, 0.3) is 5.65 Å². The normalized spacial score (nSPS) is 10.6. The summed E-state index contributed by atoms with van der Waals surface area (Å²) in [6.07, 6.45) is 1.37. The van der Waals surface area contributed by atoms with Crippen molar-refractivity contribution < 1.29 is 14.6 Å². The van der Waals surface area contributed by atoms with Crippen molar-refractivity contribution in [2.75, 3.05) is 6.61 Å².